The Kier molecular flexibility index (Phi) is 11.8. The zero-order valence-corrected chi connectivity index (χ0v) is 28.7. The first-order chi connectivity index (χ1) is 23.1. The molecule has 13 heteroatoms. The lowest BCUT2D eigenvalue weighted by atomic mass is 10.1. The summed E-state index contributed by atoms with van der Waals surface area (Å²) in [5.74, 6) is 1.21. The quantitative estimate of drug-likeness (QED) is 0.0959. The molecule has 2 aromatic carbocycles. The van der Waals surface area contributed by atoms with Gasteiger partial charge in [-0.2, -0.15) is 4.98 Å². The highest BCUT2D eigenvalue weighted by molar-refractivity contribution is 6.29. The number of hydrogen-bond donors (Lipinski definition) is 5. The predicted molar refractivity (Wildman–Crippen MR) is 192 cm³/mol. The van der Waals surface area contributed by atoms with Gasteiger partial charge in [0.05, 0.1) is 0 Å². The van der Waals surface area contributed by atoms with Crippen molar-refractivity contribution in [1.29, 1.82) is 0 Å². The standard InChI is InChI=1S/C20H28N6O.C15H15ClN4O/c1-14-12-18(21-10-5-11-26(2)3)24-19(22-14)25-20(27)23-17-9-8-15-6-4-7-16(15)13-17;1-9-7-13(16)19-14(17-9)20-15(21)18-12-6-5-10-3-2-4-11(10)8-12/h8-9,12-13H,4-7,10-11H2,1-3H3,(H3,21,22,23,24,25,27);5-8H,2-4H2,1H3,(H2,17,18,19,20,21). The normalized spacial score (nSPS) is 12.8. The lowest BCUT2D eigenvalue weighted by molar-refractivity contribution is 0.261. The molecule has 48 heavy (non-hydrogen) atoms. The van der Waals surface area contributed by atoms with E-state index in [9.17, 15) is 9.59 Å². The molecule has 0 bridgehead atoms. The minimum absolute atomic E-state index is 0.193. The summed E-state index contributed by atoms with van der Waals surface area (Å²) < 4.78 is 0. The molecule has 0 spiro atoms. The summed E-state index contributed by atoms with van der Waals surface area (Å²) in [6, 6.07) is 14.9. The van der Waals surface area contributed by atoms with Gasteiger partial charge in [-0.25, -0.2) is 24.5 Å². The zero-order valence-electron chi connectivity index (χ0n) is 27.9. The van der Waals surface area contributed by atoms with Crippen LogP contribution in [0.5, 0.6) is 0 Å². The molecule has 4 aromatic rings. The number of aromatic nitrogens is 4. The van der Waals surface area contributed by atoms with Crippen LogP contribution in [0.3, 0.4) is 0 Å². The van der Waals surface area contributed by atoms with Gasteiger partial charge in [-0.3, -0.25) is 10.6 Å². The SMILES string of the molecule is Cc1cc(Cl)nc(NC(=O)Nc2ccc3c(c2)CCC3)n1.Cc1cc(NCCCN(C)C)nc(NC(=O)Nc2ccc3c(c2)CCC3)n1. The molecule has 12 nitrogen and oxygen atoms in total. The van der Waals surface area contributed by atoms with Crippen molar-refractivity contribution in [2.24, 2.45) is 0 Å². The Balaban J connectivity index is 0.000000194. The molecule has 2 aliphatic rings. The first-order valence-corrected chi connectivity index (χ1v) is 16.6. The van der Waals surface area contributed by atoms with Crippen LogP contribution in [0.15, 0.2) is 48.5 Å². The highest BCUT2D eigenvalue weighted by Gasteiger charge is 2.14. The van der Waals surface area contributed by atoms with Crippen LogP contribution in [0.2, 0.25) is 5.15 Å². The van der Waals surface area contributed by atoms with E-state index < -0.39 is 0 Å². The van der Waals surface area contributed by atoms with Crippen molar-refractivity contribution >= 4 is 52.8 Å². The van der Waals surface area contributed by atoms with Crippen molar-refractivity contribution in [3.8, 4) is 0 Å². The van der Waals surface area contributed by atoms with Crippen molar-refractivity contribution in [3.63, 3.8) is 0 Å². The highest BCUT2D eigenvalue weighted by Crippen LogP contribution is 2.26. The molecule has 0 saturated heterocycles. The number of rotatable bonds is 9. The van der Waals surface area contributed by atoms with Crippen LogP contribution < -0.4 is 26.6 Å². The van der Waals surface area contributed by atoms with Gasteiger partial charge in [0.25, 0.3) is 0 Å². The van der Waals surface area contributed by atoms with Gasteiger partial charge in [-0.15, -0.1) is 0 Å². The molecule has 0 atom stereocenters. The second kappa shape index (κ2) is 16.3. The van der Waals surface area contributed by atoms with E-state index in [2.05, 4.69) is 83.7 Å². The van der Waals surface area contributed by atoms with Crippen molar-refractivity contribution in [1.82, 2.24) is 24.8 Å². The molecule has 6 rings (SSSR count). The Morgan fingerprint density at radius 2 is 1.21 bits per heavy atom. The lowest BCUT2D eigenvalue weighted by Gasteiger charge is -2.12. The zero-order chi connectivity index (χ0) is 34.0. The lowest BCUT2D eigenvalue weighted by Crippen LogP contribution is -2.22. The van der Waals surface area contributed by atoms with Crippen LogP contribution in [0.25, 0.3) is 0 Å². The Bertz CT molecular complexity index is 1740. The maximum atomic E-state index is 12.3. The Morgan fingerprint density at radius 1 is 0.688 bits per heavy atom. The Morgan fingerprint density at radius 3 is 1.75 bits per heavy atom. The van der Waals surface area contributed by atoms with Crippen molar-refractivity contribution in [2.45, 2.75) is 58.8 Å². The number of amides is 4. The number of nitrogens with zero attached hydrogens (tertiary/aromatic N) is 5. The van der Waals surface area contributed by atoms with E-state index >= 15 is 0 Å². The second-order valence-corrected chi connectivity index (χ2v) is 12.7. The molecule has 5 N–H and O–H groups in total. The molecule has 0 aliphatic heterocycles. The summed E-state index contributed by atoms with van der Waals surface area (Å²) in [4.78, 5) is 43.2. The van der Waals surface area contributed by atoms with Gasteiger partial charge in [0.2, 0.25) is 11.9 Å². The maximum absolute atomic E-state index is 12.3. The fourth-order valence-electron chi connectivity index (χ4n) is 5.74. The molecular weight excluding hydrogens is 628 g/mol. The van der Waals surface area contributed by atoms with Crippen LogP contribution in [0.1, 0.15) is 52.9 Å². The summed E-state index contributed by atoms with van der Waals surface area (Å²) in [6.07, 6.45) is 7.78. The van der Waals surface area contributed by atoms with Gasteiger partial charge in [-0.05, 0) is 132 Å². The first-order valence-electron chi connectivity index (χ1n) is 16.2. The number of nitrogens with one attached hydrogen (secondary N) is 5. The minimum atomic E-state index is -0.380. The van der Waals surface area contributed by atoms with Gasteiger partial charge in [0.1, 0.15) is 11.0 Å². The second-order valence-electron chi connectivity index (χ2n) is 12.3. The van der Waals surface area contributed by atoms with Crippen LogP contribution >= 0.6 is 11.6 Å². The first kappa shape index (κ1) is 34.5. The summed E-state index contributed by atoms with van der Waals surface area (Å²) in [6.45, 7) is 5.49. The number of anilines is 5. The number of urea groups is 2. The number of benzene rings is 2. The molecule has 252 valence electrons. The Hall–Kier alpha value is -4.81. The van der Waals surface area contributed by atoms with E-state index in [0.29, 0.717) is 22.6 Å². The summed E-state index contributed by atoms with van der Waals surface area (Å²) in [7, 11) is 4.10. The van der Waals surface area contributed by atoms with Gasteiger partial charge < -0.3 is 20.9 Å². The molecule has 0 saturated carbocycles. The predicted octanol–water partition coefficient (Wildman–Crippen LogP) is 6.85. The third-order valence-corrected chi connectivity index (χ3v) is 8.12. The molecule has 2 aliphatic carbocycles. The maximum Gasteiger partial charge on any atom is 0.326 e. The third-order valence-electron chi connectivity index (χ3n) is 7.93. The van der Waals surface area contributed by atoms with Gasteiger partial charge in [-0.1, -0.05) is 23.7 Å². The highest BCUT2D eigenvalue weighted by atomic mass is 35.5. The van der Waals surface area contributed by atoms with E-state index in [4.69, 9.17) is 11.6 Å². The number of halogens is 1. The number of hydrogen-bond acceptors (Lipinski definition) is 8. The van der Waals surface area contributed by atoms with E-state index in [1.165, 1.54) is 35.1 Å². The smallest absolute Gasteiger partial charge is 0.326 e. The third kappa shape index (κ3) is 10.3. The molecule has 2 aromatic heterocycles. The Labute approximate surface area is 286 Å². The van der Waals surface area contributed by atoms with E-state index in [0.717, 1.165) is 62.3 Å². The molecule has 0 unspecified atom stereocenters. The van der Waals surface area contributed by atoms with E-state index in [1.807, 2.05) is 31.2 Å². The minimum Gasteiger partial charge on any atom is -0.370 e. The monoisotopic (exact) mass is 670 g/mol. The van der Waals surface area contributed by atoms with Crippen LogP contribution in [0.4, 0.5) is 38.7 Å². The largest absolute Gasteiger partial charge is 0.370 e. The summed E-state index contributed by atoms with van der Waals surface area (Å²) in [5.41, 5.74) is 8.44. The van der Waals surface area contributed by atoms with Crippen molar-refractivity contribution in [3.05, 3.63) is 87.3 Å². The summed E-state index contributed by atoms with van der Waals surface area (Å²) >= 11 is 5.83. The van der Waals surface area contributed by atoms with Crippen molar-refractivity contribution < 1.29 is 9.59 Å². The molecule has 2 heterocycles. The van der Waals surface area contributed by atoms with E-state index in [1.54, 1.807) is 13.0 Å². The fraction of sp³-hybridized carbons (Fsp3) is 0.371. The molecule has 0 radical (unpaired) electrons. The molecular formula is C35H43ClN10O2. The fourth-order valence-corrected chi connectivity index (χ4v) is 5.98. The van der Waals surface area contributed by atoms with Gasteiger partial charge in [0, 0.05) is 35.4 Å². The average Bonchev–Trinajstić information content (AvgIpc) is 3.68. The van der Waals surface area contributed by atoms with Crippen LogP contribution in [-0.4, -0.2) is 64.1 Å². The average molecular weight is 671 g/mol. The summed E-state index contributed by atoms with van der Waals surface area (Å²) in [5, 5.41) is 14.5. The van der Waals surface area contributed by atoms with E-state index in [-0.39, 0.29) is 18.0 Å². The van der Waals surface area contributed by atoms with Gasteiger partial charge in [0.15, 0.2) is 0 Å². The molecule has 0 fully saturated rings. The number of carbonyl (C=O) groups excluding carboxylic acids is 2. The number of aryl methyl sites for hydroxylation is 6. The topological polar surface area (TPSA) is 149 Å². The van der Waals surface area contributed by atoms with Gasteiger partial charge >= 0.3 is 12.1 Å². The van der Waals surface area contributed by atoms with Crippen LogP contribution in [0, 0.1) is 13.8 Å². The van der Waals surface area contributed by atoms with Crippen molar-refractivity contribution in [2.75, 3.05) is 53.8 Å². The number of fused-ring (bicyclic) bond motifs is 2. The van der Waals surface area contributed by atoms with Crippen LogP contribution in [-0.2, 0) is 25.7 Å². The molecule has 4 amide bonds. The number of carbonyl (C=O) groups is 2.